The number of hydrogen-bond acceptors (Lipinski definition) is 7. The molecule has 10 nitrogen and oxygen atoms in total. The van der Waals surface area contributed by atoms with Crippen molar-refractivity contribution in [2.45, 2.75) is 71.0 Å². The Morgan fingerprint density at radius 2 is 1.71 bits per heavy atom. The van der Waals surface area contributed by atoms with Crippen LogP contribution in [0.4, 0.5) is 29.3 Å². The van der Waals surface area contributed by atoms with E-state index >= 15 is 0 Å². The lowest BCUT2D eigenvalue weighted by Gasteiger charge is -2.36. The van der Waals surface area contributed by atoms with E-state index in [9.17, 15) is 27.9 Å². The Bertz CT molecular complexity index is 1570. The van der Waals surface area contributed by atoms with Gasteiger partial charge in [0.15, 0.2) is 0 Å². The summed E-state index contributed by atoms with van der Waals surface area (Å²) in [6.45, 7) is 6.99. The number of urea groups is 1. The molecule has 0 fully saturated rings. The van der Waals surface area contributed by atoms with Crippen LogP contribution in [0, 0.1) is 5.92 Å². The number of benzene rings is 3. The van der Waals surface area contributed by atoms with E-state index < -0.39 is 23.8 Å². The number of fused-ring (bicyclic) bond motifs is 1. The van der Waals surface area contributed by atoms with Gasteiger partial charge in [0.2, 0.25) is 0 Å². The van der Waals surface area contributed by atoms with Crippen LogP contribution in [-0.2, 0) is 17.5 Å². The van der Waals surface area contributed by atoms with E-state index in [-0.39, 0.29) is 42.7 Å². The van der Waals surface area contributed by atoms with Gasteiger partial charge in [-0.3, -0.25) is 9.69 Å². The summed E-state index contributed by atoms with van der Waals surface area (Å²) < 4.78 is 57.1. The number of hydrogen-bond donors (Lipinski definition) is 3. The molecule has 51 heavy (non-hydrogen) atoms. The number of alkyl halides is 3. The summed E-state index contributed by atoms with van der Waals surface area (Å²) in [5.74, 6) is 0.455. The van der Waals surface area contributed by atoms with Crippen molar-refractivity contribution < 1.29 is 42.1 Å². The third-order valence-electron chi connectivity index (χ3n) is 8.88. The number of nitrogens with zero attached hydrogens (tertiary/aromatic N) is 2. The zero-order chi connectivity index (χ0) is 37.1. The van der Waals surface area contributed by atoms with E-state index in [2.05, 4.69) is 10.6 Å². The minimum Gasteiger partial charge on any atom is -0.497 e. The fourth-order valence-electron chi connectivity index (χ4n) is 5.91. The first-order chi connectivity index (χ1) is 24.3. The van der Waals surface area contributed by atoms with Gasteiger partial charge >= 0.3 is 12.2 Å². The number of aliphatic hydroxyl groups is 1. The predicted molar refractivity (Wildman–Crippen MR) is 190 cm³/mol. The third-order valence-corrected chi connectivity index (χ3v) is 8.88. The van der Waals surface area contributed by atoms with Crippen LogP contribution in [-0.4, -0.2) is 85.6 Å². The van der Waals surface area contributed by atoms with Gasteiger partial charge in [0, 0.05) is 43.5 Å². The van der Waals surface area contributed by atoms with Gasteiger partial charge in [0.1, 0.15) is 11.5 Å². The Morgan fingerprint density at radius 3 is 2.35 bits per heavy atom. The van der Waals surface area contributed by atoms with Gasteiger partial charge in [-0.05, 0) is 100 Å². The van der Waals surface area contributed by atoms with Crippen LogP contribution >= 0.6 is 0 Å². The fraction of sp³-hybridized carbons (Fsp3) is 0.474. The molecule has 4 atom stereocenters. The van der Waals surface area contributed by atoms with E-state index in [0.29, 0.717) is 49.0 Å². The van der Waals surface area contributed by atoms with E-state index in [0.717, 1.165) is 30.5 Å². The van der Waals surface area contributed by atoms with Crippen LogP contribution in [0.2, 0.25) is 0 Å². The summed E-state index contributed by atoms with van der Waals surface area (Å²) in [5, 5.41) is 15.8. The monoisotopic (exact) mass is 714 g/mol. The number of nitrogens with one attached hydrogen (secondary N) is 2. The highest BCUT2D eigenvalue weighted by Gasteiger charge is 2.32. The number of rotatable bonds is 9. The van der Waals surface area contributed by atoms with Gasteiger partial charge in [-0.25, -0.2) is 4.79 Å². The van der Waals surface area contributed by atoms with Crippen LogP contribution in [0.15, 0.2) is 66.7 Å². The number of amides is 3. The summed E-state index contributed by atoms with van der Waals surface area (Å²) in [7, 11) is 3.44. The third kappa shape index (κ3) is 11.6. The Hall–Kier alpha value is -4.33. The maximum absolute atomic E-state index is 14.4. The van der Waals surface area contributed by atoms with Gasteiger partial charge in [-0.2, -0.15) is 13.2 Å². The SMILES string of the molecule is COc1ccc(NC(=O)Nc2ccc3c(c2)C(=O)N([C@@H](C)CO)C[C@@H](C)[C@@H](CN(C)Cc2ccc(C(F)(F)F)cc2)OCCCC[C@@H](C)O3)cc1. The first-order valence-corrected chi connectivity index (χ1v) is 17.2. The van der Waals surface area contributed by atoms with Gasteiger partial charge in [-0.15, -0.1) is 0 Å². The van der Waals surface area contributed by atoms with Gasteiger partial charge in [0.05, 0.1) is 43.1 Å². The molecule has 0 unspecified atom stereocenters. The van der Waals surface area contributed by atoms with E-state index in [1.807, 2.05) is 25.8 Å². The number of aliphatic hydroxyl groups excluding tert-OH is 1. The quantitative estimate of drug-likeness (QED) is 0.214. The zero-order valence-corrected chi connectivity index (χ0v) is 29.8. The molecular weight excluding hydrogens is 665 g/mol. The molecule has 278 valence electrons. The normalized spacial score (nSPS) is 19.8. The number of likely N-dealkylation sites (N-methyl/N-ethyl adjacent to an activating group) is 1. The molecule has 1 heterocycles. The van der Waals surface area contributed by atoms with Crippen LogP contribution in [0.1, 0.15) is 61.5 Å². The largest absolute Gasteiger partial charge is 0.497 e. The molecule has 0 bridgehead atoms. The fourth-order valence-corrected chi connectivity index (χ4v) is 5.91. The molecule has 3 aromatic carbocycles. The number of anilines is 2. The molecular formula is C38H49F3N4O6. The molecule has 3 amide bonds. The molecule has 0 radical (unpaired) electrons. The van der Waals surface area contributed by atoms with Gasteiger partial charge < -0.3 is 34.9 Å². The number of halogens is 3. The van der Waals surface area contributed by atoms with Gasteiger partial charge in [0.25, 0.3) is 5.91 Å². The molecule has 0 saturated heterocycles. The van der Waals surface area contributed by atoms with Gasteiger partial charge in [-0.1, -0.05) is 19.1 Å². The number of carbonyl (C=O) groups is 2. The highest BCUT2D eigenvalue weighted by Crippen LogP contribution is 2.30. The number of methoxy groups -OCH3 is 1. The highest BCUT2D eigenvalue weighted by molar-refractivity contribution is 6.02. The van der Waals surface area contributed by atoms with Crippen molar-refractivity contribution in [3.8, 4) is 11.5 Å². The molecule has 1 aliphatic rings. The second kappa shape index (κ2) is 18.2. The summed E-state index contributed by atoms with van der Waals surface area (Å²) in [6, 6.07) is 15.9. The van der Waals surface area contributed by atoms with Crippen molar-refractivity contribution in [1.29, 1.82) is 0 Å². The van der Waals surface area contributed by atoms with Crippen molar-refractivity contribution in [3.63, 3.8) is 0 Å². The average Bonchev–Trinajstić information content (AvgIpc) is 3.09. The Labute approximate surface area is 297 Å². The molecule has 3 aromatic rings. The second-order valence-electron chi connectivity index (χ2n) is 13.2. The Balaban J connectivity index is 1.55. The standard InChI is InChI=1S/C38H49F3N4O6/c1-25-21-45(26(2)24-46)36(47)33-20-31(43-37(48)42-30-13-16-32(49-5)17-14-30)15-18-34(33)51-27(3)8-6-7-19-50-35(25)23-44(4)22-28-9-11-29(12-10-28)38(39,40)41/h9-18,20,25-27,35,46H,6-8,19,21-24H2,1-5H3,(H2,42,43,48)/t25-,26+,27-,35-/m1/s1. The van der Waals surface area contributed by atoms with E-state index in [1.54, 1.807) is 61.4 Å². The second-order valence-corrected chi connectivity index (χ2v) is 13.2. The van der Waals surface area contributed by atoms with Crippen LogP contribution < -0.4 is 20.1 Å². The van der Waals surface area contributed by atoms with E-state index in [1.165, 1.54) is 12.1 Å². The average molecular weight is 715 g/mol. The molecule has 0 saturated carbocycles. The van der Waals surface area contributed by atoms with Crippen molar-refractivity contribution in [3.05, 3.63) is 83.4 Å². The highest BCUT2D eigenvalue weighted by atomic mass is 19.4. The van der Waals surface area contributed by atoms with Crippen molar-refractivity contribution >= 4 is 23.3 Å². The molecule has 0 spiro atoms. The lowest BCUT2D eigenvalue weighted by atomic mass is 10.0. The van der Waals surface area contributed by atoms with Crippen LogP contribution in [0.5, 0.6) is 11.5 Å². The molecule has 3 N–H and O–H groups in total. The Morgan fingerprint density at radius 1 is 1.04 bits per heavy atom. The number of ether oxygens (including phenoxy) is 3. The summed E-state index contributed by atoms with van der Waals surface area (Å²) in [4.78, 5) is 30.9. The van der Waals surface area contributed by atoms with Crippen LogP contribution in [0.3, 0.4) is 0 Å². The molecule has 0 aromatic heterocycles. The Kier molecular flexibility index (Phi) is 14.1. The summed E-state index contributed by atoms with van der Waals surface area (Å²) in [6.07, 6.45) is -2.61. The zero-order valence-electron chi connectivity index (χ0n) is 29.8. The lowest BCUT2D eigenvalue weighted by Crippen LogP contribution is -2.47. The van der Waals surface area contributed by atoms with Crippen LogP contribution in [0.25, 0.3) is 0 Å². The van der Waals surface area contributed by atoms with Crippen molar-refractivity contribution in [1.82, 2.24) is 9.80 Å². The van der Waals surface area contributed by atoms with Crippen molar-refractivity contribution in [2.75, 3.05) is 51.1 Å². The topological polar surface area (TPSA) is 113 Å². The minimum absolute atomic E-state index is 0.194. The predicted octanol–water partition coefficient (Wildman–Crippen LogP) is 7.29. The smallest absolute Gasteiger partial charge is 0.416 e. The summed E-state index contributed by atoms with van der Waals surface area (Å²) in [5.41, 5.74) is 1.21. The number of carbonyl (C=O) groups excluding carboxylic acids is 2. The molecule has 13 heteroatoms. The molecule has 4 rings (SSSR count). The molecule has 0 aliphatic carbocycles. The van der Waals surface area contributed by atoms with Crippen molar-refractivity contribution in [2.24, 2.45) is 5.92 Å². The first-order valence-electron chi connectivity index (χ1n) is 17.2. The maximum atomic E-state index is 14.4. The van der Waals surface area contributed by atoms with E-state index in [4.69, 9.17) is 14.2 Å². The first kappa shape index (κ1) is 39.5. The maximum Gasteiger partial charge on any atom is 0.416 e. The minimum atomic E-state index is -4.40. The molecule has 1 aliphatic heterocycles. The lowest BCUT2D eigenvalue weighted by molar-refractivity contribution is -0.137. The summed E-state index contributed by atoms with van der Waals surface area (Å²) >= 11 is 0.